The molecule has 0 aliphatic rings. The number of terminal acetylenes is 1. The van der Waals surface area contributed by atoms with E-state index in [0.717, 1.165) is 0 Å². The van der Waals surface area contributed by atoms with Gasteiger partial charge in [-0.15, -0.1) is 6.42 Å². The first-order chi connectivity index (χ1) is 5.59. The van der Waals surface area contributed by atoms with E-state index in [0.29, 0.717) is 0 Å². The Morgan fingerprint density at radius 1 is 1.38 bits per heavy atom. The van der Waals surface area contributed by atoms with Crippen LogP contribution in [0.25, 0.3) is 0 Å². The standard InChI is InChI=1S/C6H5NO5.Ag/c1-2-3-12-7-4(5(8)9)6(10)11;/h1H,3H2,(H,8,9)(H,10,11);/q;+2/p-2. The Labute approximate surface area is 89.1 Å². The van der Waals surface area contributed by atoms with Crippen molar-refractivity contribution in [3.8, 4) is 12.3 Å². The van der Waals surface area contributed by atoms with E-state index in [-0.39, 0.29) is 29.0 Å². The summed E-state index contributed by atoms with van der Waals surface area (Å²) in [6, 6.07) is 0. The molecule has 73 valence electrons. The zero-order chi connectivity index (χ0) is 9.56. The minimum atomic E-state index is -1.99. The van der Waals surface area contributed by atoms with Crippen LogP contribution in [0.2, 0.25) is 0 Å². The molecular formula is C6H3AgNO5. The van der Waals surface area contributed by atoms with Gasteiger partial charge in [0.2, 0.25) is 0 Å². The zero-order valence-corrected chi connectivity index (χ0v) is 7.56. The summed E-state index contributed by atoms with van der Waals surface area (Å²) in [4.78, 5) is 24.0. The maximum absolute atomic E-state index is 9.94. The first kappa shape index (κ1) is 14.2. The quantitative estimate of drug-likeness (QED) is 0.132. The van der Waals surface area contributed by atoms with Gasteiger partial charge in [-0.3, -0.25) is 0 Å². The van der Waals surface area contributed by atoms with Crippen LogP contribution in [0.5, 0.6) is 0 Å². The SMILES string of the molecule is C#CCON=C(C(=O)[O-])C(=O)[O-].[Ag+2]. The summed E-state index contributed by atoms with van der Waals surface area (Å²) in [6.45, 7) is -0.329. The van der Waals surface area contributed by atoms with Crippen molar-refractivity contribution in [2.75, 3.05) is 6.61 Å². The van der Waals surface area contributed by atoms with Crippen molar-refractivity contribution < 1.29 is 47.0 Å². The Bertz CT molecular complexity index is 251. The molecule has 0 N–H and O–H groups in total. The molecule has 0 fully saturated rings. The van der Waals surface area contributed by atoms with Crippen molar-refractivity contribution in [3.05, 3.63) is 0 Å². The van der Waals surface area contributed by atoms with Crippen LogP contribution in [-0.2, 0) is 36.8 Å². The van der Waals surface area contributed by atoms with Gasteiger partial charge in [0.1, 0.15) is 5.71 Å². The van der Waals surface area contributed by atoms with E-state index >= 15 is 0 Å². The minimum Gasteiger partial charge on any atom is -0.543 e. The maximum Gasteiger partial charge on any atom is 2.00 e. The third-order valence-electron chi connectivity index (χ3n) is 0.690. The predicted octanol–water partition coefficient (Wildman–Crippen LogP) is -3.51. The van der Waals surface area contributed by atoms with E-state index in [1.54, 1.807) is 0 Å². The average molecular weight is 277 g/mol. The fraction of sp³-hybridized carbons (Fsp3) is 0.167. The van der Waals surface area contributed by atoms with E-state index in [1.807, 2.05) is 5.92 Å². The first-order valence-electron chi connectivity index (χ1n) is 2.65. The van der Waals surface area contributed by atoms with Crippen molar-refractivity contribution in [3.63, 3.8) is 0 Å². The summed E-state index contributed by atoms with van der Waals surface area (Å²) in [5, 5.41) is 22.5. The molecule has 13 heavy (non-hydrogen) atoms. The third-order valence-corrected chi connectivity index (χ3v) is 0.690. The van der Waals surface area contributed by atoms with Gasteiger partial charge < -0.3 is 24.6 Å². The van der Waals surface area contributed by atoms with Gasteiger partial charge in [-0.2, -0.15) is 0 Å². The van der Waals surface area contributed by atoms with Crippen LogP contribution in [0.15, 0.2) is 5.16 Å². The molecule has 0 aliphatic heterocycles. The van der Waals surface area contributed by atoms with Gasteiger partial charge in [-0.25, -0.2) is 0 Å². The molecule has 6 nitrogen and oxygen atoms in total. The van der Waals surface area contributed by atoms with Crippen LogP contribution < -0.4 is 10.2 Å². The van der Waals surface area contributed by atoms with Crippen molar-refractivity contribution >= 4 is 17.7 Å². The molecular weight excluding hydrogens is 274 g/mol. The number of carboxylic acids is 2. The van der Waals surface area contributed by atoms with Crippen LogP contribution in [0.1, 0.15) is 0 Å². The van der Waals surface area contributed by atoms with E-state index in [1.165, 1.54) is 0 Å². The molecule has 0 rings (SSSR count). The summed E-state index contributed by atoms with van der Waals surface area (Å²) in [6.07, 6.45) is 4.70. The molecule has 0 spiro atoms. The van der Waals surface area contributed by atoms with Crippen LogP contribution in [0, 0.1) is 12.3 Å². The van der Waals surface area contributed by atoms with Crippen LogP contribution in [0.4, 0.5) is 0 Å². The van der Waals surface area contributed by atoms with Crippen molar-refractivity contribution in [1.82, 2.24) is 0 Å². The Kier molecular flexibility index (Phi) is 8.07. The number of oxime groups is 1. The molecule has 0 aromatic rings. The smallest absolute Gasteiger partial charge is 0.543 e. The number of hydrogen-bond donors (Lipinski definition) is 0. The third kappa shape index (κ3) is 5.93. The summed E-state index contributed by atoms with van der Waals surface area (Å²) in [7, 11) is 0. The summed E-state index contributed by atoms with van der Waals surface area (Å²) < 4.78 is 0. The summed E-state index contributed by atoms with van der Waals surface area (Å²) >= 11 is 0. The van der Waals surface area contributed by atoms with Crippen molar-refractivity contribution in [2.24, 2.45) is 5.16 Å². The second kappa shape index (κ2) is 7.36. The molecule has 0 atom stereocenters. The Hall–Kier alpha value is -1.29. The molecule has 0 aliphatic carbocycles. The molecule has 0 unspecified atom stereocenters. The molecule has 1 radical (unpaired) electrons. The normalized spacial score (nSPS) is 7.31. The molecule has 0 bridgehead atoms. The largest absolute Gasteiger partial charge is 2.00 e. The topological polar surface area (TPSA) is 102 Å². The second-order valence-corrected chi connectivity index (χ2v) is 1.49. The molecule has 0 heterocycles. The average Bonchev–Trinajstić information content (AvgIpc) is 1.96. The molecule has 0 saturated heterocycles. The number of carboxylic acid groups (broad SMARTS) is 2. The van der Waals surface area contributed by atoms with E-state index in [9.17, 15) is 19.8 Å². The van der Waals surface area contributed by atoms with Crippen molar-refractivity contribution in [1.29, 1.82) is 0 Å². The Balaban J connectivity index is 0. The maximum atomic E-state index is 9.94. The number of carbonyl (C=O) groups is 2. The summed E-state index contributed by atoms with van der Waals surface area (Å²) in [5.41, 5.74) is -1.33. The fourth-order valence-corrected chi connectivity index (χ4v) is 0.292. The molecule has 0 saturated carbocycles. The molecule has 7 heteroatoms. The second-order valence-electron chi connectivity index (χ2n) is 1.49. The van der Waals surface area contributed by atoms with Gasteiger partial charge in [0, 0.05) is 0 Å². The van der Waals surface area contributed by atoms with Crippen LogP contribution in [0.3, 0.4) is 0 Å². The van der Waals surface area contributed by atoms with Gasteiger partial charge in [0.15, 0.2) is 6.61 Å². The van der Waals surface area contributed by atoms with Gasteiger partial charge >= 0.3 is 22.4 Å². The zero-order valence-electron chi connectivity index (χ0n) is 6.07. The Morgan fingerprint density at radius 3 is 2.15 bits per heavy atom. The Morgan fingerprint density at radius 2 is 1.85 bits per heavy atom. The van der Waals surface area contributed by atoms with Gasteiger partial charge in [0.25, 0.3) is 0 Å². The van der Waals surface area contributed by atoms with Gasteiger partial charge in [0.05, 0.1) is 11.9 Å². The first-order valence-corrected chi connectivity index (χ1v) is 2.65. The minimum absolute atomic E-state index is 0. The monoisotopic (exact) mass is 276 g/mol. The van der Waals surface area contributed by atoms with Gasteiger partial charge in [-0.1, -0.05) is 11.1 Å². The number of hydrogen-bond acceptors (Lipinski definition) is 6. The van der Waals surface area contributed by atoms with Crippen molar-refractivity contribution in [2.45, 2.75) is 0 Å². The molecule has 0 amide bonds. The number of rotatable bonds is 4. The van der Waals surface area contributed by atoms with Crippen LogP contribution in [-0.4, -0.2) is 24.3 Å². The van der Waals surface area contributed by atoms with Gasteiger partial charge in [-0.05, 0) is 0 Å². The van der Waals surface area contributed by atoms with E-state index < -0.39 is 17.7 Å². The molecule has 0 aromatic carbocycles. The number of aliphatic carboxylic acids is 2. The van der Waals surface area contributed by atoms with Crippen LogP contribution >= 0.6 is 0 Å². The summed E-state index contributed by atoms with van der Waals surface area (Å²) in [5.74, 6) is -2.04. The van der Waals surface area contributed by atoms with E-state index in [4.69, 9.17) is 6.42 Å². The number of nitrogens with zero attached hydrogens (tertiary/aromatic N) is 1. The van der Waals surface area contributed by atoms with E-state index in [2.05, 4.69) is 9.99 Å². The predicted molar refractivity (Wildman–Crippen MR) is 32.2 cm³/mol. The fourth-order valence-electron chi connectivity index (χ4n) is 0.292. The molecule has 0 aromatic heterocycles. The number of carbonyl (C=O) groups excluding carboxylic acids is 2.